The van der Waals surface area contributed by atoms with E-state index in [0.29, 0.717) is 31.2 Å². The predicted octanol–water partition coefficient (Wildman–Crippen LogP) is 1.73. The summed E-state index contributed by atoms with van der Waals surface area (Å²) in [6.45, 7) is 3.52. The second kappa shape index (κ2) is 7.09. The van der Waals surface area contributed by atoms with Gasteiger partial charge in [0, 0.05) is 33.2 Å². The zero-order chi connectivity index (χ0) is 18.1. The van der Waals surface area contributed by atoms with Crippen LogP contribution in [-0.4, -0.2) is 60.2 Å². The molecule has 1 saturated heterocycles. The number of hydrogen-bond acceptors (Lipinski definition) is 6. The maximum atomic E-state index is 13.1. The zero-order valence-electron chi connectivity index (χ0n) is 15.0. The first-order valence-electron chi connectivity index (χ1n) is 9.08. The lowest BCUT2D eigenvalue weighted by atomic mass is 10.2. The highest BCUT2D eigenvalue weighted by molar-refractivity contribution is 6.06. The molecule has 0 aliphatic carbocycles. The summed E-state index contributed by atoms with van der Waals surface area (Å²) in [6.07, 6.45) is 2.83. The Hall–Kier alpha value is -2.38. The van der Waals surface area contributed by atoms with E-state index in [1.807, 2.05) is 31.3 Å². The van der Waals surface area contributed by atoms with Crippen molar-refractivity contribution < 1.29 is 14.3 Å². The van der Waals surface area contributed by atoms with Crippen LogP contribution in [0.3, 0.4) is 0 Å². The van der Waals surface area contributed by atoms with Gasteiger partial charge in [0.2, 0.25) is 5.89 Å². The first kappa shape index (κ1) is 17.1. The number of para-hydroxylation sites is 2. The van der Waals surface area contributed by atoms with Crippen molar-refractivity contribution in [3.63, 3.8) is 0 Å². The molecule has 26 heavy (non-hydrogen) atoms. The fourth-order valence-corrected chi connectivity index (χ4v) is 3.70. The molecule has 1 atom stereocenters. The van der Waals surface area contributed by atoms with E-state index in [0.717, 1.165) is 37.3 Å². The molecule has 1 fully saturated rings. The van der Waals surface area contributed by atoms with Gasteiger partial charge in [0.05, 0.1) is 24.0 Å². The second-order valence-electron chi connectivity index (χ2n) is 7.02. The number of rotatable bonds is 3. The van der Waals surface area contributed by atoms with E-state index in [1.54, 1.807) is 4.90 Å². The largest absolute Gasteiger partial charge is 0.447 e. The lowest BCUT2D eigenvalue weighted by molar-refractivity contribution is 0.0982. The van der Waals surface area contributed by atoms with E-state index in [1.165, 1.54) is 6.26 Å². The first-order valence-corrected chi connectivity index (χ1v) is 9.08. The molecule has 0 bridgehead atoms. The van der Waals surface area contributed by atoms with Gasteiger partial charge in [-0.25, -0.2) is 4.98 Å². The Morgan fingerprint density at radius 3 is 2.85 bits per heavy atom. The number of benzene rings is 1. The number of aliphatic hydroxyl groups is 1. The Bertz CT molecular complexity index is 791. The van der Waals surface area contributed by atoms with Crippen LogP contribution in [0.25, 0.3) is 0 Å². The van der Waals surface area contributed by atoms with Gasteiger partial charge >= 0.3 is 0 Å². The number of aromatic nitrogens is 1. The SMILES string of the molecule is CN1CCCN(C(=O)c2coc(CN3CC[C@H](O)C3)n2)c2ccccc21. The Labute approximate surface area is 152 Å². The lowest BCUT2D eigenvalue weighted by Gasteiger charge is -2.23. The third-order valence-corrected chi connectivity index (χ3v) is 5.08. The van der Waals surface area contributed by atoms with Crippen LogP contribution >= 0.6 is 0 Å². The third kappa shape index (κ3) is 3.32. The minimum absolute atomic E-state index is 0.135. The quantitative estimate of drug-likeness (QED) is 0.903. The molecule has 1 amide bonds. The predicted molar refractivity (Wildman–Crippen MR) is 98.4 cm³/mol. The van der Waals surface area contributed by atoms with Gasteiger partial charge in [-0.3, -0.25) is 9.69 Å². The highest BCUT2D eigenvalue weighted by atomic mass is 16.3. The number of anilines is 2. The fraction of sp³-hybridized carbons (Fsp3) is 0.474. The summed E-state index contributed by atoms with van der Waals surface area (Å²) in [5.74, 6) is 0.381. The van der Waals surface area contributed by atoms with Gasteiger partial charge in [0.15, 0.2) is 5.69 Å². The summed E-state index contributed by atoms with van der Waals surface area (Å²) in [5, 5.41) is 9.62. The average molecular weight is 356 g/mol. The Morgan fingerprint density at radius 1 is 1.27 bits per heavy atom. The average Bonchev–Trinajstić information content (AvgIpc) is 3.23. The minimum atomic E-state index is -0.281. The molecule has 2 aromatic rings. The molecule has 0 unspecified atom stereocenters. The second-order valence-corrected chi connectivity index (χ2v) is 7.02. The number of nitrogens with zero attached hydrogens (tertiary/aromatic N) is 4. The molecule has 2 aliphatic heterocycles. The molecule has 1 aromatic heterocycles. The van der Waals surface area contributed by atoms with Crippen LogP contribution in [0.1, 0.15) is 29.2 Å². The van der Waals surface area contributed by atoms with Gasteiger partial charge in [0.25, 0.3) is 5.91 Å². The van der Waals surface area contributed by atoms with Crippen LogP contribution in [0.5, 0.6) is 0 Å². The first-order chi connectivity index (χ1) is 12.6. The molecule has 0 saturated carbocycles. The normalized spacial score (nSPS) is 20.9. The van der Waals surface area contributed by atoms with Crippen molar-refractivity contribution in [1.29, 1.82) is 0 Å². The number of β-amino-alcohol motifs (C(OH)–C–C–N with tert-alkyl or cyclic N) is 1. The van der Waals surface area contributed by atoms with Gasteiger partial charge in [0.1, 0.15) is 6.26 Å². The number of oxazole rings is 1. The lowest BCUT2D eigenvalue weighted by Crippen LogP contribution is -2.31. The Kier molecular flexibility index (Phi) is 4.65. The highest BCUT2D eigenvalue weighted by Crippen LogP contribution is 2.32. The number of amides is 1. The van der Waals surface area contributed by atoms with E-state index >= 15 is 0 Å². The zero-order valence-corrected chi connectivity index (χ0v) is 15.0. The molecular weight excluding hydrogens is 332 g/mol. The summed E-state index contributed by atoms with van der Waals surface area (Å²) < 4.78 is 5.52. The van der Waals surface area contributed by atoms with E-state index in [2.05, 4.69) is 14.8 Å². The van der Waals surface area contributed by atoms with E-state index < -0.39 is 0 Å². The monoisotopic (exact) mass is 356 g/mol. The highest BCUT2D eigenvalue weighted by Gasteiger charge is 2.27. The van der Waals surface area contributed by atoms with Gasteiger partial charge < -0.3 is 19.3 Å². The van der Waals surface area contributed by atoms with Crippen LogP contribution in [0.4, 0.5) is 11.4 Å². The molecule has 0 radical (unpaired) electrons. The molecule has 7 nitrogen and oxygen atoms in total. The molecule has 0 spiro atoms. The fourth-order valence-electron chi connectivity index (χ4n) is 3.70. The van der Waals surface area contributed by atoms with Crippen molar-refractivity contribution in [2.45, 2.75) is 25.5 Å². The van der Waals surface area contributed by atoms with Crippen LogP contribution < -0.4 is 9.80 Å². The molecule has 3 heterocycles. The van der Waals surface area contributed by atoms with E-state index in [9.17, 15) is 9.90 Å². The number of hydrogen-bond donors (Lipinski definition) is 1. The van der Waals surface area contributed by atoms with Crippen LogP contribution in [0.2, 0.25) is 0 Å². The summed E-state index contributed by atoms with van der Waals surface area (Å²) in [4.78, 5) is 23.5. The van der Waals surface area contributed by atoms with Gasteiger partial charge in [-0.2, -0.15) is 0 Å². The number of aliphatic hydroxyl groups excluding tert-OH is 1. The number of carbonyl (C=O) groups excluding carboxylic acids is 1. The molecular formula is C19H24N4O3. The van der Waals surface area contributed by atoms with Crippen molar-refractivity contribution in [1.82, 2.24) is 9.88 Å². The summed E-state index contributed by atoms with van der Waals surface area (Å²) in [7, 11) is 2.05. The van der Waals surface area contributed by atoms with Crippen LogP contribution in [0, 0.1) is 0 Å². The Balaban J connectivity index is 1.53. The number of carbonyl (C=O) groups is 1. The van der Waals surface area contributed by atoms with Crippen molar-refractivity contribution in [3.8, 4) is 0 Å². The number of fused-ring (bicyclic) bond motifs is 1. The van der Waals surface area contributed by atoms with E-state index in [4.69, 9.17) is 4.42 Å². The van der Waals surface area contributed by atoms with Crippen molar-refractivity contribution >= 4 is 17.3 Å². The molecule has 1 aromatic carbocycles. The van der Waals surface area contributed by atoms with Crippen molar-refractivity contribution in [3.05, 3.63) is 42.1 Å². The third-order valence-electron chi connectivity index (χ3n) is 5.08. The molecule has 4 rings (SSSR count). The van der Waals surface area contributed by atoms with Gasteiger partial charge in [-0.05, 0) is 25.0 Å². The molecule has 1 N–H and O–H groups in total. The number of likely N-dealkylation sites (tertiary alicyclic amines) is 1. The standard InChI is InChI=1S/C19H24N4O3/c1-21-8-4-9-23(17-6-3-2-5-16(17)21)19(25)15-13-26-18(20-15)12-22-10-7-14(24)11-22/h2-3,5-6,13-14,24H,4,7-12H2,1H3/t14-/m0/s1. The van der Waals surface area contributed by atoms with Crippen molar-refractivity contribution in [2.75, 3.05) is 43.0 Å². The van der Waals surface area contributed by atoms with Gasteiger partial charge in [-0.1, -0.05) is 12.1 Å². The molecule has 138 valence electrons. The Morgan fingerprint density at radius 2 is 2.08 bits per heavy atom. The summed E-state index contributed by atoms with van der Waals surface area (Å²) in [6, 6.07) is 7.95. The van der Waals surface area contributed by atoms with E-state index in [-0.39, 0.29) is 12.0 Å². The maximum absolute atomic E-state index is 13.1. The summed E-state index contributed by atoms with van der Waals surface area (Å²) in [5.41, 5.74) is 2.29. The smallest absolute Gasteiger partial charge is 0.280 e. The van der Waals surface area contributed by atoms with Gasteiger partial charge in [-0.15, -0.1) is 0 Å². The van der Waals surface area contributed by atoms with Crippen LogP contribution in [-0.2, 0) is 6.54 Å². The van der Waals surface area contributed by atoms with Crippen LogP contribution in [0.15, 0.2) is 34.9 Å². The molecule has 2 aliphatic rings. The summed E-state index contributed by atoms with van der Waals surface area (Å²) >= 11 is 0. The minimum Gasteiger partial charge on any atom is -0.447 e. The topological polar surface area (TPSA) is 73.0 Å². The molecule has 7 heteroatoms. The van der Waals surface area contributed by atoms with Crippen molar-refractivity contribution in [2.24, 2.45) is 0 Å². The maximum Gasteiger partial charge on any atom is 0.280 e.